The highest BCUT2D eigenvalue weighted by Crippen LogP contribution is 2.24. The van der Waals surface area contributed by atoms with E-state index in [0.717, 1.165) is 0 Å². The van der Waals surface area contributed by atoms with Gasteiger partial charge in [-0.15, -0.1) is 0 Å². The van der Waals surface area contributed by atoms with Gasteiger partial charge >= 0.3 is 0 Å². The summed E-state index contributed by atoms with van der Waals surface area (Å²) >= 11 is 0. The molecule has 0 spiro atoms. The predicted molar refractivity (Wildman–Crippen MR) is 57.9 cm³/mol. The molecule has 0 aromatic heterocycles. The molecule has 0 aliphatic heterocycles. The second-order valence-corrected chi connectivity index (χ2v) is 4.13. The van der Waals surface area contributed by atoms with Gasteiger partial charge < -0.3 is 5.32 Å². The Hall–Kier alpha value is -1.40. The molecule has 0 heterocycles. The van der Waals surface area contributed by atoms with E-state index >= 15 is 0 Å². The molecule has 0 aliphatic rings. The number of halogens is 1. The van der Waals surface area contributed by atoms with Crippen molar-refractivity contribution in [1.82, 2.24) is 5.32 Å². The first-order valence-corrected chi connectivity index (χ1v) is 4.90. The average Bonchev–Trinajstić information content (AvgIpc) is 2.18. The highest BCUT2D eigenvalue weighted by atomic mass is 19.1. The van der Waals surface area contributed by atoms with Crippen LogP contribution in [0.5, 0.6) is 0 Å². The third-order valence-electron chi connectivity index (χ3n) is 2.37. The Labute approximate surface area is 89.7 Å². The lowest BCUT2D eigenvalue weighted by molar-refractivity contribution is 0.456. The Balaban J connectivity index is 2.77. The van der Waals surface area contributed by atoms with E-state index in [1.807, 2.05) is 26.0 Å². The topological polar surface area (TPSA) is 35.8 Å². The molecule has 0 atom stereocenters. The van der Waals surface area contributed by atoms with Crippen LogP contribution < -0.4 is 5.32 Å². The number of nitrogens with zero attached hydrogens (tertiary/aromatic N) is 1. The van der Waals surface area contributed by atoms with E-state index in [1.165, 1.54) is 6.07 Å². The molecule has 0 unspecified atom stereocenters. The van der Waals surface area contributed by atoms with Crippen molar-refractivity contribution < 1.29 is 4.39 Å². The fourth-order valence-corrected chi connectivity index (χ4v) is 1.54. The zero-order valence-electron chi connectivity index (χ0n) is 9.05. The molecule has 15 heavy (non-hydrogen) atoms. The third-order valence-corrected chi connectivity index (χ3v) is 2.37. The number of nitrogens with one attached hydrogen (secondary N) is 1. The lowest BCUT2D eigenvalue weighted by atomic mass is 9.84. The van der Waals surface area contributed by atoms with Crippen LogP contribution in [-0.2, 0) is 5.41 Å². The van der Waals surface area contributed by atoms with Crippen LogP contribution in [0, 0.1) is 17.1 Å². The molecule has 0 saturated heterocycles. The maximum Gasteiger partial charge on any atom is 0.126 e. The van der Waals surface area contributed by atoms with Gasteiger partial charge in [-0.3, -0.25) is 0 Å². The molecule has 0 bridgehead atoms. The van der Waals surface area contributed by atoms with Crippen LogP contribution in [0.4, 0.5) is 4.39 Å². The van der Waals surface area contributed by atoms with E-state index in [0.29, 0.717) is 12.1 Å². The Morgan fingerprint density at radius 2 is 2.07 bits per heavy atom. The van der Waals surface area contributed by atoms with E-state index in [4.69, 9.17) is 5.26 Å². The van der Waals surface area contributed by atoms with E-state index < -0.39 is 0 Å². The van der Waals surface area contributed by atoms with E-state index in [2.05, 4.69) is 5.32 Å². The Morgan fingerprint density at radius 3 is 2.67 bits per heavy atom. The minimum Gasteiger partial charge on any atom is -0.304 e. The monoisotopic (exact) mass is 206 g/mol. The number of hydrogen-bond donors (Lipinski definition) is 1. The van der Waals surface area contributed by atoms with Crippen molar-refractivity contribution in [2.75, 3.05) is 13.1 Å². The Morgan fingerprint density at radius 1 is 1.40 bits per heavy atom. The van der Waals surface area contributed by atoms with Crippen LogP contribution in [-0.4, -0.2) is 13.1 Å². The first-order valence-electron chi connectivity index (χ1n) is 4.90. The summed E-state index contributed by atoms with van der Waals surface area (Å²) in [6.45, 7) is 4.78. The molecule has 80 valence electrons. The van der Waals surface area contributed by atoms with Crippen LogP contribution in [0.25, 0.3) is 0 Å². The number of nitriles is 1. The Bertz CT molecular complexity index is 366. The van der Waals surface area contributed by atoms with E-state index in [-0.39, 0.29) is 17.8 Å². The zero-order chi connectivity index (χ0) is 11.3. The van der Waals surface area contributed by atoms with Crippen molar-refractivity contribution in [1.29, 1.82) is 5.26 Å². The van der Waals surface area contributed by atoms with Crippen molar-refractivity contribution in [3.8, 4) is 6.07 Å². The van der Waals surface area contributed by atoms with Crippen molar-refractivity contribution in [2.45, 2.75) is 19.3 Å². The van der Waals surface area contributed by atoms with Crippen LogP contribution >= 0.6 is 0 Å². The molecular weight excluding hydrogens is 191 g/mol. The second kappa shape index (κ2) is 4.90. The van der Waals surface area contributed by atoms with Crippen molar-refractivity contribution >= 4 is 0 Å². The molecule has 3 heteroatoms. The fourth-order valence-electron chi connectivity index (χ4n) is 1.54. The third kappa shape index (κ3) is 3.03. The first-order chi connectivity index (χ1) is 7.08. The maximum absolute atomic E-state index is 13.5. The predicted octanol–water partition coefficient (Wildman–Crippen LogP) is 2.22. The summed E-state index contributed by atoms with van der Waals surface area (Å²) < 4.78 is 13.5. The van der Waals surface area contributed by atoms with Gasteiger partial charge in [0.1, 0.15) is 5.82 Å². The molecule has 1 aromatic rings. The SMILES string of the molecule is CC(C)(CNCC#N)c1ccccc1F. The lowest BCUT2D eigenvalue weighted by Crippen LogP contribution is -2.33. The molecule has 0 amide bonds. The highest BCUT2D eigenvalue weighted by Gasteiger charge is 2.22. The fraction of sp³-hybridized carbons (Fsp3) is 0.417. The summed E-state index contributed by atoms with van der Waals surface area (Å²) in [5.41, 5.74) is 0.373. The molecule has 0 saturated carbocycles. The normalized spacial score (nSPS) is 11.1. The smallest absolute Gasteiger partial charge is 0.126 e. The molecule has 0 radical (unpaired) electrons. The standard InChI is InChI=1S/C12H15FN2/c1-12(2,9-15-8-7-14)10-5-3-4-6-11(10)13/h3-6,15H,8-9H2,1-2H3. The number of hydrogen-bond acceptors (Lipinski definition) is 2. The minimum absolute atomic E-state index is 0.193. The molecule has 0 fully saturated rings. The number of rotatable bonds is 4. The minimum atomic E-state index is -0.303. The van der Waals surface area contributed by atoms with Gasteiger partial charge in [0.15, 0.2) is 0 Å². The van der Waals surface area contributed by atoms with E-state index in [1.54, 1.807) is 12.1 Å². The lowest BCUT2D eigenvalue weighted by Gasteiger charge is -2.25. The average molecular weight is 206 g/mol. The molecule has 1 aromatic carbocycles. The van der Waals surface area contributed by atoms with Gasteiger partial charge in [0.05, 0.1) is 12.6 Å². The van der Waals surface area contributed by atoms with Gasteiger partial charge in [-0.2, -0.15) is 5.26 Å². The molecule has 0 aliphatic carbocycles. The van der Waals surface area contributed by atoms with E-state index in [9.17, 15) is 4.39 Å². The summed E-state index contributed by atoms with van der Waals surface area (Å²) in [4.78, 5) is 0. The van der Waals surface area contributed by atoms with Crippen LogP contribution in [0.3, 0.4) is 0 Å². The first kappa shape index (κ1) is 11.7. The maximum atomic E-state index is 13.5. The van der Waals surface area contributed by atoms with Crippen molar-refractivity contribution in [2.24, 2.45) is 0 Å². The zero-order valence-corrected chi connectivity index (χ0v) is 9.05. The summed E-state index contributed by atoms with van der Waals surface area (Å²) in [7, 11) is 0. The Kier molecular flexibility index (Phi) is 3.81. The summed E-state index contributed by atoms with van der Waals surface area (Å²) in [5.74, 6) is -0.193. The van der Waals surface area contributed by atoms with Gasteiger partial charge in [-0.25, -0.2) is 4.39 Å². The van der Waals surface area contributed by atoms with Crippen LogP contribution in [0.15, 0.2) is 24.3 Å². The summed E-state index contributed by atoms with van der Waals surface area (Å²) in [5, 5.41) is 11.4. The van der Waals surface area contributed by atoms with Crippen molar-refractivity contribution in [3.63, 3.8) is 0 Å². The highest BCUT2D eigenvalue weighted by molar-refractivity contribution is 5.25. The molecule has 1 N–H and O–H groups in total. The largest absolute Gasteiger partial charge is 0.304 e. The second-order valence-electron chi connectivity index (χ2n) is 4.13. The van der Waals surface area contributed by atoms with Crippen LogP contribution in [0.1, 0.15) is 19.4 Å². The van der Waals surface area contributed by atoms with Gasteiger partial charge in [0.25, 0.3) is 0 Å². The molecule has 1 rings (SSSR count). The van der Waals surface area contributed by atoms with Gasteiger partial charge in [0, 0.05) is 12.0 Å². The van der Waals surface area contributed by atoms with Gasteiger partial charge in [0.2, 0.25) is 0 Å². The van der Waals surface area contributed by atoms with Crippen molar-refractivity contribution in [3.05, 3.63) is 35.6 Å². The molecular formula is C12H15FN2. The molecule has 2 nitrogen and oxygen atoms in total. The summed E-state index contributed by atoms with van der Waals surface area (Å²) in [6.07, 6.45) is 0. The summed E-state index contributed by atoms with van der Waals surface area (Å²) in [6, 6.07) is 8.74. The quantitative estimate of drug-likeness (QED) is 0.605. The van der Waals surface area contributed by atoms with Gasteiger partial charge in [-0.1, -0.05) is 32.0 Å². The van der Waals surface area contributed by atoms with Crippen LogP contribution in [0.2, 0.25) is 0 Å². The van der Waals surface area contributed by atoms with Gasteiger partial charge in [-0.05, 0) is 11.6 Å². The number of benzene rings is 1.